The van der Waals surface area contributed by atoms with E-state index in [-0.39, 0.29) is 5.82 Å². The molecule has 0 aliphatic carbocycles. The molecule has 0 spiro atoms. The van der Waals surface area contributed by atoms with Crippen molar-refractivity contribution in [3.05, 3.63) is 205 Å². The summed E-state index contributed by atoms with van der Waals surface area (Å²) in [6.45, 7) is 0. The van der Waals surface area contributed by atoms with Crippen molar-refractivity contribution in [2.24, 2.45) is 0 Å². The SMILES string of the molecule is N#Cc1ccc(-c2ccc3c(c2)c2cc(-c4ccc(C#N)cc4)ccc2n3-c2cc(-c3ccccc3F)ccc2-c2nc(-c3ccccc3)nc(-c3ccccc3)n2)cc1. The Labute approximate surface area is 345 Å². The molecule has 0 aliphatic rings. The van der Waals surface area contributed by atoms with Crippen LogP contribution in [0.25, 0.3) is 95.0 Å². The Balaban J connectivity index is 1.27. The largest absolute Gasteiger partial charge is 0.308 e. The Morgan fingerprint density at radius 3 is 1.33 bits per heavy atom. The number of nitriles is 2. The van der Waals surface area contributed by atoms with E-state index in [2.05, 4.69) is 53.1 Å². The van der Waals surface area contributed by atoms with E-state index in [0.717, 1.165) is 66.4 Å². The highest BCUT2D eigenvalue weighted by Crippen LogP contribution is 2.41. The minimum Gasteiger partial charge on any atom is -0.308 e. The van der Waals surface area contributed by atoms with Crippen molar-refractivity contribution in [3.63, 3.8) is 0 Å². The average molecular weight is 771 g/mol. The second-order valence-electron chi connectivity index (χ2n) is 14.4. The molecule has 0 atom stereocenters. The van der Waals surface area contributed by atoms with Gasteiger partial charge in [-0.1, -0.05) is 121 Å². The lowest BCUT2D eigenvalue weighted by Crippen LogP contribution is -2.04. The first-order valence-corrected chi connectivity index (χ1v) is 19.4. The lowest BCUT2D eigenvalue weighted by Gasteiger charge is -2.17. The molecule has 60 heavy (non-hydrogen) atoms. The monoisotopic (exact) mass is 770 g/mol. The predicted octanol–water partition coefficient (Wildman–Crippen LogP) is 12.9. The molecule has 0 saturated carbocycles. The highest BCUT2D eigenvalue weighted by molar-refractivity contribution is 6.12. The lowest BCUT2D eigenvalue weighted by molar-refractivity contribution is 0.631. The van der Waals surface area contributed by atoms with Crippen molar-refractivity contribution in [1.29, 1.82) is 10.5 Å². The standard InChI is InChI=1S/C53H31FN6/c54-47-14-8-7-13-43(47)42-23-26-44(53-58-51(38-9-3-1-4-10-38)57-52(59-53)39-11-5-2-6-12-39)50(31-42)60-48-27-24-40(36-19-15-34(32-55)16-20-36)29-45(48)46-30-41(25-28-49(46)60)37-21-17-35(33-56)18-22-37/h1-31H. The van der Waals surface area contributed by atoms with Gasteiger partial charge in [-0.05, 0) is 94.5 Å². The van der Waals surface area contributed by atoms with Crippen LogP contribution in [-0.2, 0) is 0 Å². The molecule has 0 bridgehead atoms. The second kappa shape index (κ2) is 15.1. The van der Waals surface area contributed by atoms with Crippen molar-refractivity contribution < 1.29 is 4.39 Å². The van der Waals surface area contributed by atoms with Gasteiger partial charge in [-0.25, -0.2) is 19.3 Å². The Kier molecular flexibility index (Phi) is 9.02. The van der Waals surface area contributed by atoms with E-state index in [0.29, 0.717) is 39.7 Å². The maximum absolute atomic E-state index is 15.6. The van der Waals surface area contributed by atoms with Gasteiger partial charge in [-0.2, -0.15) is 10.5 Å². The average Bonchev–Trinajstić information content (AvgIpc) is 3.65. The van der Waals surface area contributed by atoms with Gasteiger partial charge in [0.25, 0.3) is 0 Å². The molecule has 2 aromatic heterocycles. The van der Waals surface area contributed by atoms with Crippen LogP contribution < -0.4 is 0 Å². The van der Waals surface area contributed by atoms with Gasteiger partial charge < -0.3 is 4.57 Å². The van der Waals surface area contributed by atoms with Crippen molar-refractivity contribution in [2.75, 3.05) is 0 Å². The molecule has 280 valence electrons. The van der Waals surface area contributed by atoms with E-state index in [4.69, 9.17) is 15.0 Å². The minimum atomic E-state index is -0.324. The van der Waals surface area contributed by atoms with E-state index >= 15 is 4.39 Å². The number of nitrogens with zero attached hydrogens (tertiary/aromatic N) is 6. The summed E-state index contributed by atoms with van der Waals surface area (Å²) in [6, 6.07) is 64.8. The van der Waals surface area contributed by atoms with Gasteiger partial charge in [0.1, 0.15) is 5.82 Å². The first-order valence-electron chi connectivity index (χ1n) is 19.4. The first-order chi connectivity index (χ1) is 29.5. The minimum absolute atomic E-state index is 0.324. The molecule has 10 rings (SSSR count). The van der Waals surface area contributed by atoms with E-state index in [1.807, 2.05) is 133 Å². The fraction of sp³-hybridized carbons (Fsp3) is 0. The van der Waals surface area contributed by atoms with Crippen molar-refractivity contribution in [1.82, 2.24) is 19.5 Å². The van der Waals surface area contributed by atoms with Gasteiger partial charge in [-0.15, -0.1) is 0 Å². The summed E-state index contributed by atoms with van der Waals surface area (Å²) in [6.07, 6.45) is 0. The van der Waals surface area contributed by atoms with Gasteiger partial charge >= 0.3 is 0 Å². The quantitative estimate of drug-likeness (QED) is 0.161. The summed E-state index contributed by atoms with van der Waals surface area (Å²) >= 11 is 0. The molecular formula is C53H31FN6. The van der Waals surface area contributed by atoms with Gasteiger partial charge in [-0.3, -0.25) is 0 Å². The topological polar surface area (TPSA) is 91.2 Å². The Morgan fingerprint density at radius 2 is 0.833 bits per heavy atom. The van der Waals surface area contributed by atoms with Gasteiger partial charge in [0.15, 0.2) is 17.5 Å². The Morgan fingerprint density at radius 1 is 0.383 bits per heavy atom. The van der Waals surface area contributed by atoms with Crippen LogP contribution in [0.15, 0.2) is 188 Å². The van der Waals surface area contributed by atoms with Crippen LogP contribution in [0.4, 0.5) is 4.39 Å². The van der Waals surface area contributed by atoms with Crippen LogP contribution in [0.1, 0.15) is 11.1 Å². The van der Waals surface area contributed by atoms with Gasteiger partial charge in [0.2, 0.25) is 0 Å². The molecule has 2 heterocycles. The van der Waals surface area contributed by atoms with E-state index in [9.17, 15) is 10.5 Å². The van der Waals surface area contributed by atoms with Gasteiger partial charge in [0.05, 0.1) is 40.0 Å². The zero-order valence-electron chi connectivity index (χ0n) is 32.0. The molecule has 6 nitrogen and oxygen atoms in total. The molecule has 0 radical (unpaired) electrons. The lowest BCUT2D eigenvalue weighted by atomic mass is 9.99. The summed E-state index contributed by atoms with van der Waals surface area (Å²) in [5.74, 6) is 1.21. The van der Waals surface area contributed by atoms with E-state index in [1.165, 1.54) is 6.07 Å². The number of benzene rings is 8. The first kappa shape index (κ1) is 35.9. The van der Waals surface area contributed by atoms with Crippen molar-refractivity contribution in [2.45, 2.75) is 0 Å². The van der Waals surface area contributed by atoms with Crippen LogP contribution in [0, 0.1) is 28.5 Å². The normalized spacial score (nSPS) is 11.1. The number of hydrogen-bond acceptors (Lipinski definition) is 5. The van der Waals surface area contributed by atoms with Gasteiger partial charge in [0, 0.05) is 33.0 Å². The highest BCUT2D eigenvalue weighted by atomic mass is 19.1. The third-order valence-electron chi connectivity index (χ3n) is 10.8. The summed E-state index contributed by atoms with van der Waals surface area (Å²) in [7, 11) is 0. The predicted molar refractivity (Wildman–Crippen MR) is 236 cm³/mol. The summed E-state index contributed by atoms with van der Waals surface area (Å²) in [5, 5.41) is 20.9. The fourth-order valence-corrected chi connectivity index (χ4v) is 7.81. The molecular weight excluding hydrogens is 740 g/mol. The van der Waals surface area contributed by atoms with E-state index in [1.54, 1.807) is 12.1 Å². The molecule has 8 aromatic carbocycles. The van der Waals surface area contributed by atoms with Crippen LogP contribution in [0.3, 0.4) is 0 Å². The Bertz CT molecular complexity index is 3150. The molecule has 0 aliphatic heterocycles. The van der Waals surface area contributed by atoms with Crippen LogP contribution >= 0.6 is 0 Å². The molecule has 0 saturated heterocycles. The molecule has 7 heteroatoms. The summed E-state index contributed by atoms with van der Waals surface area (Å²) in [5.41, 5.74) is 11.4. The van der Waals surface area contributed by atoms with E-state index < -0.39 is 0 Å². The third kappa shape index (κ3) is 6.53. The molecule has 0 N–H and O–H groups in total. The highest BCUT2D eigenvalue weighted by Gasteiger charge is 2.22. The Hall–Kier alpha value is -8.52. The van der Waals surface area contributed by atoms with Crippen molar-refractivity contribution in [3.8, 4) is 85.4 Å². The molecule has 0 unspecified atom stereocenters. The number of hydrogen-bond donors (Lipinski definition) is 0. The fourth-order valence-electron chi connectivity index (χ4n) is 7.81. The summed E-state index contributed by atoms with van der Waals surface area (Å²) < 4.78 is 17.8. The van der Waals surface area contributed by atoms with Crippen LogP contribution in [-0.4, -0.2) is 19.5 Å². The number of aromatic nitrogens is 4. The number of rotatable bonds is 7. The van der Waals surface area contributed by atoms with Crippen molar-refractivity contribution >= 4 is 21.8 Å². The number of halogens is 1. The molecule has 10 aromatic rings. The van der Waals surface area contributed by atoms with Crippen LogP contribution in [0.2, 0.25) is 0 Å². The smallest absolute Gasteiger partial charge is 0.166 e. The molecule has 0 fully saturated rings. The summed E-state index contributed by atoms with van der Waals surface area (Å²) in [4.78, 5) is 15.2. The zero-order valence-corrected chi connectivity index (χ0v) is 32.0. The van der Waals surface area contributed by atoms with Crippen LogP contribution in [0.5, 0.6) is 0 Å². The number of fused-ring (bicyclic) bond motifs is 3. The second-order valence-corrected chi connectivity index (χ2v) is 14.4. The molecule has 0 amide bonds. The third-order valence-corrected chi connectivity index (χ3v) is 10.8. The zero-order chi connectivity index (χ0) is 40.6. The maximum Gasteiger partial charge on any atom is 0.166 e. The maximum atomic E-state index is 15.6.